The standard InChI is InChI=1S/C17H20ClN3/c18-17-7-6-15(12-19-17)20-16-9-11-21(13-16)10-8-14-4-2-1-3-5-14/h1-7,12,16,20H,8-11,13H2. The Balaban J connectivity index is 1.46. The fourth-order valence-electron chi connectivity index (χ4n) is 2.78. The van der Waals surface area contributed by atoms with E-state index < -0.39 is 0 Å². The van der Waals surface area contributed by atoms with Gasteiger partial charge < -0.3 is 10.2 Å². The van der Waals surface area contributed by atoms with Crippen molar-refractivity contribution in [1.82, 2.24) is 9.88 Å². The van der Waals surface area contributed by atoms with Crippen molar-refractivity contribution in [1.29, 1.82) is 0 Å². The summed E-state index contributed by atoms with van der Waals surface area (Å²) < 4.78 is 0. The Morgan fingerprint density at radius 1 is 1.19 bits per heavy atom. The summed E-state index contributed by atoms with van der Waals surface area (Å²) in [5, 5.41) is 4.07. The van der Waals surface area contributed by atoms with Gasteiger partial charge in [-0.2, -0.15) is 0 Å². The molecule has 4 heteroatoms. The van der Waals surface area contributed by atoms with E-state index in [1.54, 1.807) is 6.20 Å². The van der Waals surface area contributed by atoms with Crippen LogP contribution in [0.25, 0.3) is 0 Å². The van der Waals surface area contributed by atoms with Gasteiger partial charge in [0.05, 0.1) is 11.9 Å². The highest BCUT2D eigenvalue weighted by molar-refractivity contribution is 6.29. The molecule has 1 aromatic heterocycles. The first-order valence-electron chi connectivity index (χ1n) is 7.44. The van der Waals surface area contributed by atoms with Gasteiger partial charge in [-0.1, -0.05) is 41.9 Å². The first kappa shape index (κ1) is 14.4. The number of halogens is 1. The maximum Gasteiger partial charge on any atom is 0.129 e. The van der Waals surface area contributed by atoms with Crippen LogP contribution in [0.4, 0.5) is 5.69 Å². The van der Waals surface area contributed by atoms with E-state index in [-0.39, 0.29) is 0 Å². The number of aromatic nitrogens is 1. The van der Waals surface area contributed by atoms with Crippen LogP contribution in [-0.2, 0) is 6.42 Å². The van der Waals surface area contributed by atoms with E-state index in [1.807, 2.05) is 12.1 Å². The van der Waals surface area contributed by atoms with Crippen molar-refractivity contribution in [2.45, 2.75) is 18.9 Å². The third-order valence-corrected chi connectivity index (χ3v) is 4.15. The fourth-order valence-corrected chi connectivity index (χ4v) is 2.89. The predicted octanol–water partition coefficient (Wildman–Crippen LogP) is 3.46. The Hall–Kier alpha value is -1.58. The molecule has 21 heavy (non-hydrogen) atoms. The molecule has 0 bridgehead atoms. The molecule has 110 valence electrons. The summed E-state index contributed by atoms with van der Waals surface area (Å²) in [4.78, 5) is 6.63. The molecule has 1 aliphatic rings. The van der Waals surface area contributed by atoms with Crippen molar-refractivity contribution in [3.05, 3.63) is 59.4 Å². The van der Waals surface area contributed by atoms with Crippen LogP contribution in [0.3, 0.4) is 0 Å². The van der Waals surface area contributed by atoms with Gasteiger partial charge in [-0.15, -0.1) is 0 Å². The minimum atomic E-state index is 0.503. The molecule has 1 atom stereocenters. The van der Waals surface area contributed by atoms with E-state index in [4.69, 9.17) is 11.6 Å². The maximum absolute atomic E-state index is 5.80. The Morgan fingerprint density at radius 3 is 2.81 bits per heavy atom. The zero-order valence-corrected chi connectivity index (χ0v) is 12.8. The lowest BCUT2D eigenvalue weighted by Crippen LogP contribution is -2.27. The van der Waals surface area contributed by atoms with Crippen molar-refractivity contribution in [2.75, 3.05) is 25.0 Å². The molecule has 1 fully saturated rings. The Labute approximate surface area is 131 Å². The van der Waals surface area contributed by atoms with Crippen molar-refractivity contribution < 1.29 is 0 Å². The molecular formula is C17H20ClN3. The van der Waals surface area contributed by atoms with Crippen LogP contribution in [0, 0.1) is 0 Å². The largest absolute Gasteiger partial charge is 0.380 e. The monoisotopic (exact) mass is 301 g/mol. The van der Waals surface area contributed by atoms with Gasteiger partial charge in [0.2, 0.25) is 0 Å². The normalized spacial score (nSPS) is 18.8. The smallest absolute Gasteiger partial charge is 0.129 e. The number of rotatable bonds is 5. The van der Waals surface area contributed by atoms with Gasteiger partial charge in [0.15, 0.2) is 0 Å². The number of hydrogen-bond donors (Lipinski definition) is 1. The number of likely N-dealkylation sites (tertiary alicyclic amines) is 1. The van der Waals surface area contributed by atoms with Crippen LogP contribution in [0.5, 0.6) is 0 Å². The van der Waals surface area contributed by atoms with Gasteiger partial charge in [-0.25, -0.2) is 4.98 Å². The van der Waals surface area contributed by atoms with Crippen LogP contribution in [-0.4, -0.2) is 35.6 Å². The lowest BCUT2D eigenvalue weighted by Gasteiger charge is -2.17. The molecule has 1 aliphatic heterocycles. The second kappa shape index (κ2) is 6.92. The number of anilines is 1. The molecule has 1 aromatic carbocycles. The third kappa shape index (κ3) is 4.19. The number of nitrogens with one attached hydrogen (secondary N) is 1. The lowest BCUT2D eigenvalue weighted by atomic mass is 10.1. The summed E-state index contributed by atoms with van der Waals surface area (Å²) in [7, 11) is 0. The van der Waals surface area contributed by atoms with E-state index in [0.29, 0.717) is 11.2 Å². The van der Waals surface area contributed by atoms with Crippen molar-refractivity contribution in [3.63, 3.8) is 0 Å². The van der Waals surface area contributed by atoms with Crippen molar-refractivity contribution in [2.24, 2.45) is 0 Å². The lowest BCUT2D eigenvalue weighted by molar-refractivity contribution is 0.341. The summed E-state index contributed by atoms with van der Waals surface area (Å²) in [5.41, 5.74) is 2.46. The fraction of sp³-hybridized carbons (Fsp3) is 0.353. The zero-order valence-electron chi connectivity index (χ0n) is 12.0. The van der Waals surface area contributed by atoms with E-state index in [1.165, 1.54) is 12.0 Å². The quantitative estimate of drug-likeness (QED) is 0.857. The molecule has 2 aromatic rings. The minimum Gasteiger partial charge on any atom is -0.380 e. The Morgan fingerprint density at radius 2 is 2.05 bits per heavy atom. The highest BCUT2D eigenvalue weighted by Gasteiger charge is 2.21. The maximum atomic E-state index is 5.80. The first-order chi connectivity index (χ1) is 10.3. The molecule has 0 aliphatic carbocycles. The van der Waals surface area contributed by atoms with Gasteiger partial charge in [-0.3, -0.25) is 0 Å². The highest BCUT2D eigenvalue weighted by Crippen LogP contribution is 2.17. The van der Waals surface area contributed by atoms with Crippen LogP contribution >= 0.6 is 11.6 Å². The number of hydrogen-bond acceptors (Lipinski definition) is 3. The van der Waals surface area contributed by atoms with E-state index >= 15 is 0 Å². The van der Waals surface area contributed by atoms with E-state index in [9.17, 15) is 0 Å². The van der Waals surface area contributed by atoms with Crippen LogP contribution in [0.15, 0.2) is 48.7 Å². The van der Waals surface area contributed by atoms with Crippen LogP contribution in [0.2, 0.25) is 5.15 Å². The average Bonchev–Trinajstić information content (AvgIpc) is 2.96. The molecular weight excluding hydrogens is 282 g/mol. The van der Waals surface area contributed by atoms with E-state index in [2.05, 4.69) is 45.5 Å². The molecule has 3 nitrogen and oxygen atoms in total. The summed E-state index contributed by atoms with van der Waals surface area (Å²) in [5.74, 6) is 0. The third-order valence-electron chi connectivity index (χ3n) is 3.93. The highest BCUT2D eigenvalue weighted by atomic mass is 35.5. The van der Waals surface area contributed by atoms with Gasteiger partial charge >= 0.3 is 0 Å². The van der Waals surface area contributed by atoms with Crippen molar-refractivity contribution in [3.8, 4) is 0 Å². The molecule has 1 saturated heterocycles. The topological polar surface area (TPSA) is 28.2 Å². The average molecular weight is 302 g/mol. The van der Waals surface area contributed by atoms with Crippen molar-refractivity contribution >= 4 is 17.3 Å². The summed E-state index contributed by atoms with van der Waals surface area (Å²) in [6.07, 6.45) is 4.10. The molecule has 0 spiro atoms. The number of nitrogens with zero attached hydrogens (tertiary/aromatic N) is 2. The molecule has 0 saturated carbocycles. The van der Waals surface area contributed by atoms with Gasteiger partial charge in [-0.05, 0) is 30.5 Å². The van der Waals surface area contributed by atoms with Gasteiger partial charge in [0.1, 0.15) is 5.15 Å². The van der Waals surface area contributed by atoms with E-state index in [0.717, 1.165) is 31.7 Å². The minimum absolute atomic E-state index is 0.503. The number of pyridine rings is 1. The first-order valence-corrected chi connectivity index (χ1v) is 7.82. The summed E-state index contributed by atoms with van der Waals surface area (Å²) >= 11 is 5.80. The molecule has 3 rings (SSSR count). The second-order valence-electron chi connectivity index (χ2n) is 5.54. The molecule has 0 radical (unpaired) electrons. The predicted molar refractivity (Wildman–Crippen MR) is 87.9 cm³/mol. The second-order valence-corrected chi connectivity index (χ2v) is 5.92. The van der Waals surface area contributed by atoms with Gasteiger partial charge in [0, 0.05) is 25.7 Å². The zero-order chi connectivity index (χ0) is 14.5. The van der Waals surface area contributed by atoms with Gasteiger partial charge in [0.25, 0.3) is 0 Å². The summed E-state index contributed by atoms with van der Waals surface area (Å²) in [6.45, 7) is 3.38. The molecule has 1 unspecified atom stereocenters. The Kier molecular flexibility index (Phi) is 4.73. The van der Waals surface area contributed by atoms with Crippen LogP contribution in [0.1, 0.15) is 12.0 Å². The Bertz CT molecular complexity index is 556. The van der Waals surface area contributed by atoms with Crippen LogP contribution < -0.4 is 5.32 Å². The SMILES string of the molecule is Clc1ccc(NC2CCN(CCc3ccccc3)C2)cn1. The summed E-state index contributed by atoms with van der Waals surface area (Å²) in [6, 6.07) is 15.0. The molecule has 0 amide bonds. The molecule has 2 heterocycles. The molecule has 1 N–H and O–H groups in total. The number of benzene rings is 1.